The normalized spacial score (nSPS) is 11.9. The number of thiocarbonyl (C=S) groups is 1. The largest absolute Gasteiger partial charge is 0.302 e. The average molecular weight is 407 g/mol. The fourth-order valence-corrected chi connectivity index (χ4v) is 2.77. The third-order valence-corrected chi connectivity index (χ3v) is 4.60. The van der Waals surface area contributed by atoms with Crippen molar-refractivity contribution in [1.82, 2.24) is 15.3 Å². The number of nitrogens with zero attached hydrogens (tertiary/aromatic N) is 3. The standard InChI is InChI=1S/C20H34N4S.C3H8/c1-6-9-18(5)21-16-24(15-14-23(7-2)8-3)22-20(25)19-12-10-17(4)11-13-19;1-3-2/h10-13,16,18H,6-9,14-15H2,1-5H3,(H,22,25);3H2,1-2H3. The Morgan fingerprint density at radius 2 is 1.64 bits per heavy atom. The number of hydrogen-bond donors (Lipinski definition) is 1. The van der Waals surface area contributed by atoms with E-state index in [4.69, 9.17) is 12.2 Å². The maximum atomic E-state index is 5.58. The van der Waals surface area contributed by atoms with Crippen LogP contribution >= 0.6 is 12.2 Å². The Balaban J connectivity index is 0.00000227. The molecule has 0 saturated carbocycles. The molecule has 1 unspecified atom stereocenters. The molecule has 160 valence electrons. The van der Waals surface area contributed by atoms with Gasteiger partial charge in [0.25, 0.3) is 0 Å². The molecule has 1 rings (SSSR count). The van der Waals surface area contributed by atoms with Gasteiger partial charge in [0.05, 0.1) is 6.54 Å². The number of hydrazine groups is 1. The van der Waals surface area contributed by atoms with E-state index in [0.29, 0.717) is 6.04 Å². The molecule has 0 bridgehead atoms. The lowest BCUT2D eigenvalue weighted by Gasteiger charge is -2.26. The van der Waals surface area contributed by atoms with Gasteiger partial charge in [-0.2, -0.15) is 0 Å². The summed E-state index contributed by atoms with van der Waals surface area (Å²) < 4.78 is 0. The minimum atomic E-state index is 0.329. The summed E-state index contributed by atoms with van der Waals surface area (Å²) in [6.07, 6.45) is 5.40. The molecule has 0 radical (unpaired) electrons. The lowest BCUT2D eigenvalue weighted by molar-refractivity contribution is 0.258. The van der Waals surface area contributed by atoms with Crippen molar-refractivity contribution >= 4 is 23.5 Å². The third-order valence-electron chi connectivity index (χ3n) is 4.28. The topological polar surface area (TPSA) is 30.9 Å². The third kappa shape index (κ3) is 12.1. The quantitative estimate of drug-likeness (QED) is 0.229. The van der Waals surface area contributed by atoms with E-state index >= 15 is 0 Å². The highest BCUT2D eigenvalue weighted by Crippen LogP contribution is 2.05. The second-order valence-corrected chi connectivity index (χ2v) is 7.54. The van der Waals surface area contributed by atoms with Crippen LogP contribution in [0.4, 0.5) is 0 Å². The van der Waals surface area contributed by atoms with Crippen molar-refractivity contribution in [3.63, 3.8) is 0 Å². The van der Waals surface area contributed by atoms with Crippen molar-refractivity contribution < 1.29 is 0 Å². The molecule has 0 fully saturated rings. The summed E-state index contributed by atoms with van der Waals surface area (Å²) in [5.41, 5.74) is 5.61. The molecular weight excluding hydrogens is 364 g/mol. The van der Waals surface area contributed by atoms with E-state index in [2.05, 4.69) is 88.0 Å². The van der Waals surface area contributed by atoms with Crippen molar-refractivity contribution in [3.8, 4) is 0 Å². The maximum Gasteiger partial charge on any atom is 0.125 e. The maximum absolute atomic E-state index is 5.58. The van der Waals surface area contributed by atoms with Gasteiger partial charge in [-0.05, 0) is 33.4 Å². The highest BCUT2D eigenvalue weighted by Gasteiger charge is 2.08. The smallest absolute Gasteiger partial charge is 0.125 e. The predicted octanol–water partition coefficient (Wildman–Crippen LogP) is 5.45. The zero-order valence-electron chi connectivity index (χ0n) is 19.2. The van der Waals surface area contributed by atoms with Crippen LogP contribution in [0.25, 0.3) is 0 Å². The van der Waals surface area contributed by atoms with Crippen LogP contribution in [0.3, 0.4) is 0 Å². The van der Waals surface area contributed by atoms with E-state index in [1.165, 1.54) is 12.0 Å². The fourth-order valence-electron chi connectivity index (χ4n) is 2.52. The lowest BCUT2D eigenvalue weighted by Crippen LogP contribution is -2.45. The molecule has 28 heavy (non-hydrogen) atoms. The zero-order valence-corrected chi connectivity index (χ0v) is 20.0. The van der Waals surface area contributed by atoms with Gasteiger partial charge in [-0.3, -0.25) is 15.4 Å². The number of benzene rings is 1. The second-order valence-electron chi connectivity index (χ2n) is 7.14. The average Bonchev–Trinajstić information content (AvgIpc) is 2.68. The SMILES string of the molecule is CCC.CCCC(C)N=CN(CCN(CC)CC)NC(=S)c1ccc(C)cc1. The van der Waals surface area contributed by atoms with E-state index in [0.717, 1.165) is 49.6 Å². The monoisotopic (exact) mass is 406 g/mol. The molecule has 0 aliphatic rings. The Bertz CT molecular complexity index is 538. The molecule has 0 heterocycles. The number of rotatable bonds is 11. The van der Waals surface area contributed by atoms with Gasteiger partial charge in [0.2, 0.25) is 0 Å². The van der Waals surface area contributed by atoms with Crippen molar-refractivity contribution in [2.45, 2.75) is 73.8 Å². The van der Waals surface area contributed by atoms with Gasteiger partial charge in [0.15, 0.2) is 0 Å². The van der Waals surface area contributed by atoms with Crippen molar-refractivity contribution in [2.24, 2.45) is 4.99 Å². The zero-order chi connectivity index (χ0) is 21.4. The summed E-state index contributed by atoms with van der Waals surface area (Å²) >= 11 is 5.58. The minimum absolute atomic E-state index is 0.329. The first-order chi connectivity index (χ1) is 13.4. The molecule has 0 aromatic heterocycles. The van der Waals surface area contributed by atoms with Crippen LogP contribution in [0.2, 0.25) is 0 Å². The highest BCUT2D eigenvalue weighted by molar-refractivity contribution is 7.80. The van der Waals surface area contributed by atoms with Gasteiger partial charge in [0.1, 0.15) is 11.3 Å². The summed E-state index contributed by atoms with van der Waals surface area (Å²) in [7, 11) is 0. The summed E-state index contributed by atoms with van der Waals surface area (Å²) in [6, 6.07) is 8.62. The summed E-state index contributed by atoms with van der Waals surface area (Å²) in [6.45, 7) is 19.0. The van der Waals surface area contributed by atoms with Gasteiger partial charge in [-0.15, -0.1) is 0 Å². The Morgan fingerprint density at radius 3 is 2.14 bits per heavy atom. The Hall–Kier alpha value is -1.46. The molecule has 0 amide bonds. The van der Waals surface area contributed by atoms with Gasteiger partial charge in [-0.1, -0.05) is 89.5 Å². The van der Waals surface area contributed by atoms with Crippen LogP contribution in [0.1, 0.15) is 71.9 Å². The molecule has 1 N–H and O–H groups in total. The number of aryl methyl sites for hydroxylation is 1. The van der Waals surface area contributed by atoms with E-state index in [-0.39, 0.29) is 0 Å². The fraction of sp³-hybridized carbons (Fsp3) is 0.652. The molecule has 1 aromatic rings. The van der Waals surface area contributed by atoms with Crippen LogP contribution < -0.4 is 5.43 Å². The molecule has 1 aromatic carbocycles. The molecule has 0 aliphatic carbocycles. The van der Waals surface area contributed by atoms with Crippen LogP contribution in [-0.4, -0.2) is 53.5 Å². The number of nitrogens with one attached hydrogen (secondary N) is 1. The van der Waals surface area contributed by atoms with Gasteiger partial charge >= 0.3 is 0 Å². The van der Waals surface area contributed by atoms with Crippen LogP contribution in [0.5, 0.6) is 0 Å². The summed E-state index contributed by atoms with van der Waals surface area (Å²) in [4.78, 5) is 7.79. The van der Waals surface area contributed by atoms with Crippen LogP contribution in [-0.2, 0) is 0 Å². The van der Waals surface area contributed by atoms with Gasteiger partial charge in [0, 0.05) is 18.2 Å². The van der Waals surface area contributed by atoms with Crippen molar-refractivity contribution in [2.75, 3.05) is 26.2 Å². The minimum Gasteiger partial charge on any atom is -0.302 e. The first-order valence-electron chi connectivity index (χ1n) is 10.8. The van der Waals surface area contributed by atoms with E-state index in [1.54, 1.807) is 0 Å². The molecule has 0 spiro atoms. The first-order valence-corrected chi connectivity index (χ1v) is 11.2. The van der Waals surface area contributed by atoms with Crippen molar-refractivity contribution in [1.29, 1.82) is 0 Å². The Labute approximate surface area is 179 Å². The van der Waals surface area contributed by atoms with E-state index in [9.17, 15) is 0 Å². The van der Waals surface area contributed by atoms with Crippen LogP contribution in [0, 0.1) is 6.92 Å². The molecule has 1 atom stereocenters. The molecule has 5 heteroatoms. The molecular formula is C23H42N4S. The number of aliphatic imine (C=N–C) groups is 1. The second kappa shape index (κ2) is 16.5. The number of hydrogen-bond acceptors (Lipinski definition) is 3. The first kappa shape index (κ1) is 26.5. The lowest BCUT2D eigenvalue weighted by atomic mass is 10.1. The van der Waals surface area contributed by atoms with E-state index < -0.39 is 0 Å². The van der Waals surface area contributed by atoms with Crippen LogP contribution in [0.15, 0.2) is 29.3 Å². The molecule has 4 nitrogen and oxygen atoms in total. The highest BCUT2D eigenvalue weighted by atomic mass is 32.1. The van der Waals surface area contributed by atoms with Gasteiger partial charge in [-0.25, -0.2) is 0 Å². The Morgan fingerprint density at radius 1 is 1.07 bits per heavy atom. The predicted molar refractivity (Wildman–Crippen MR) is 129 cm³/mol. The van der Waals surface area contributed by atoms with E-state index in [1.807, 2.05) is 11.3 Å². The summed E-state index contributed by atoms with van der Waals surface area (Å²) in [5.74, 6) is 0. The Kier molecular flexibility index (Phi) is 15.6. The van der Waals surface area contributed by atoms with Gasteiger partial charge < -0.3 is 4.90 Å². The summed E-state index contributed by atoms with van der Waals surface area (Å²) in [5, 5.41) is 2.02. The molecule has 0 aliphatic heterocycles. The number of likely N-dealkylation sites (N-methyl/N-ethyl adjacent to an activating group) is 1. The van der Waals surface area contributed by atoms with Crippen molar-refractivity contribution in [3.05, 3.63) is 35.4 Å². The molecule has 0 saturated heterocycles.